The number of hydrogen-bond acceptors (Lipinski definition) is 5. The summed E-state index contributed by atoms with van der Waals surface area (Å²) < 4.78 is 11.4. The highest BCUT2D eigenvalue weighted by Gasteiger charge is 2.29. The zero-order valence-electron chi connectivity index (χ0n) is 18.9. The number of β-amino-alcohol motifs (C(OH)–C–C–N with tert-alkyl or cyclic N) is 1. The summed E-state index contributed by atoms with van der Waals surface area (Å²) in [6.45, 7) is 2.80. The van der Waals surface area contributed by atoms with Gasteiger partial charge in [0.15, 0.2) is 6.61 Å². The van der Waals surface area contributed by atoms with Gasteiger partial charge < -0.3 is 19.5 Å². The number of hydrogen-bond donors (Lipinski definition) is 1. The van der Waals surface area contributed by atoms with Gasteiger partial charge in [-0.3, -0.25) is 9.69 Å². The van der Waals surface area contributed by atoms with Crippen LogP contribution in [-0.2, 0) is 11.2 Å². The van der Waals surface area contributed by atoms with E-state index in [2.05, 4.69) is 29.2 Å². The van der Waals surface area contributed by atoms with Gasteiger partial charge in [-0.05, 0) is 41.0 Å². The van der Waals surface area contributed by atoms with Crippen LogP contribution in [0, 0.1) is 0 Å². The number of ether oxygens (including phenoxy) is 2. The first kappa shape index (κ1) is 21.7. The lowest BCUT2D eigenvalue weighted by Gasteiger charge is -2.33. The highest BCUT2D eigenvalue weighted by Crippen LogP contribution is 2.31. The summed E-state index contributed by atoms with van der Waals surface area (Å²) in [5, 5.41) is 12.3. The number of nitrogens with zero attached hydrogens (tertiary/aromatic N) is 2. The van der Waals surface area contributed by atoms with Crippen LogP contribution >= 0.6 is 0 Å². The summed E-state index contributed by atoms with van der Waals surface area (Å²) in [4.78, 5) is 17.3. The SMILES string of the molecule is CN(C(=O)COc1ccc2c(c1)CCO2)C(CN1CC[C@H](O)C1)c1cccc2ccccc12. The predicted molar refractivity (Wildman–Crippen MR) is 128 cm³/mol. The molecule has 2 atom stereocenters. The van der Waals surface area contributed by atoms with Crippen LogP contribution in [0.25, 0.3) is 10.8 Å². The largest absolute Gasteiger partial charge is 0.493 e. The van der Waals surface area contributed by atoms with Gasteiger partial charge in [-0.2, -0.15) is 0 Å². The average Bonchev–Trinajstić information content (AvgIpc) is 3.48. The molecule has 6 nitrogen and oxygen atoms in total. The van der Waals surface area contributed by atoms with Crippen molar-refractivity contribution in [3.05, 3.63) is 71.8 Å². The zero-order valence-corrected chi connectivity index (χ0v) is 18.9. The Kier molecular flexibility index (Phi) is 6.20. The lowest BCUT2D eigenvalue weighted by atomic mass is 9.97. The van der Waals surface area contributed by atoms with Crippen LogP contribution in [0.5, 0.6) is 11.5 Å². The monoisotopic (exact) mass is 446 g/mol. The highest BCUT2D eigenvalue weighted by atomic mass is 16.5. The minimum Gasteiger partial charge on any atom is -0.493 e. The Morgan fingerprint density at radius 3 is 2.91 bits per heavy atom. The van der Waals surface area contributed by atoms with Gasteiger partial charge in [-0.15, -0.1) is 0 Å². The molecule has 0 spiro atoms. The molecule has 0 radical (unpaired) electrons. The van der Waals surface area contributed by atoms with Crippen LogP contribution < -0.4 is 9.47 Å². The zero-order chi connectivity index (χ0) is 22.8. The maximum atomic E-state index is 13.2. The van der Waals surface area contributed by atoms with Crippen molar-refractivity contribution in [3.63, 3.8) is 0 Å². The quantitative estimate of drug-likeness (QED) is 0.603. The number of amides is 1. The highest BCUT2D eigenvalue weighted by molar-refractivity contribution is 5.87. The van der Waals surface area contributed by atoms with Crippen LogP contribution in [0.3, 0.4) is 0 Å². The van der Waals surface area contributed by atoms with Gasteiger partial charge in [-0.25, -0.2) is 0 Å². The second kappa shape index (κ2) is 9.41. The molecule has 2 aliphatic rings. The topological polar surface area (TPSA) is 62.2 Å². The van der Waals surface area contributed by atoms with Crippen molar-refractivity contribution in [2.75, 3.05) is 39.9 Å². The second-order valence-corrected chi connectivity index (χ2v) is 8.95. The molecule has 0 bridgehead atoms. The molecule has 1 unspecified atom stereocenters. The molecule has 1 amide bonds. The first-order valence-corrected chi connectivity index (χ1v) is 11.6. The lowest BCUT2D eigenvalue weighted by molar-refractivity contribution is -0.134. The summed E-state index contributed by atoms with van der Waals surface area (Å²) in [5.74, 6) is 1.50. The third-order valence-electron chi connectivity index (χ3n) is 6.75. The number of carbonyl (C=O) groups excluding carboxylic acids is 1. The fourth-order valence-electron chi connectivity index (χ4n) is 4.87. The van der Waals surface area contributed by atoms with Crippen LogP contribution in [-0.4, -0.2) is 66.8 Å². The number of likely N-dealkylation sites (tertiary alicyclic amines) is 1. The molecule has 1 fully saturated rings. The van der Waals surface area contributed by atoms with Gasteiger partial charge in [0.2, 0.25) is 0 Å². The maximum absolute atomic E-state index is 13.2. The third-order valence-corrected chi connectivity index (χ3v) is 6.75. The summed E-state index contributed by atoms with van der Waals surface area (Å²) in [6, 6.07) is 20.1. The molecule has 172 valence electrons. The van der Waals surface area contributed by atoms with Crippen LogP contribution in [0.2, 0.25) is 0 Å². The molecule has 2 heterocycles. The lowest BCUT2D eigenvalue weighted by Crippen LogP contribution is -2.41. The fraction of sp³-hybridized carbons (Fsp3) is 0.370. The van der Waals surface area contributed by atoms with Gasteiger partial charge in [-0.1, -0.05) is 42.5 Å². The fourth-order valence-corrected chi connectivity index (χ4v) is 4.87. The summed E-state index contributed by atoms with van der Waals surface area (Å²) in [7, 11) is 1.85. The number of aliphatic hydroxyl groups is 1. The first-order valence-electron chi connectivity index (χ1n) is 11.6. The van der Waals surface area contributed by atoms with E-state index >= 15 is 0 Å². The summed E-state index contributed by atoms with van der Waals surface area (Å²) in [6.07, 6.45) is 1.34. The van der Waals surface area contributed by atoms with Gasteiger partial charge in [0.05, 0.1) is 18.8 Å². The minimum absolute atomic E-state index is 0.0277. The van der Waals surface area contributed by atoms with E-state index in [1.807, 2.05) is 43.4 Å². The Balaban J connectivity index is 1.36. The van der Waals surface area contributed by atoms with E-state index in [9.17, 15) is 9.90 Å². The number of aliphatic hydroxyl groups excluding tert-OH is 1. The second-order valence-electron chi connectivity index (χ2n) is 8.95. The molecule has 1 N–H and O–H groups in total. The van der Waals surface area contributed by atoms with Crippen molar-refractivity contribution in [2.24, 2.45) is 0 Å². The van der Waals surface area contributed by atoms with E-state index in [0.717, 1.165) is 47.0 Å². The third kappa shape index (κ3) is 4.68. The summed E-state index contributed by atoms with van der Waals surface area (Å²) in [5.41, 5.74) is 2.23. The van der Waals surface area contributed by atoms with E-state index < -0.39 is 0 Å². The Morgan fingerprint density at radius 1 is 1.21 bits per heavy atom. The summed E-state index contributed by atoms with van der Waals surface area (Å²) >= 11 is 0. The molecule has 33 heavy (non-hydrogen) atoms. The number of benzene rings is 3. The van der Waals surface area contributed by atoms with Crippen LogP contribution in [0.15, 0.2) is 60.7 Å². The molecule has 3 aromatic carbocycles. The first-order chi connectivity index (χ1) is 16.1. The Bertz CT molecular complexity index is 1140. The molecular weight excluding hydrogens is 416 g/mol. The molecule has 2 aliphatic heterocycles. The number of likely N-dealkylation sites (N-methyl/N-ethyl adjacent to an activating group) is 1. The van der Waals surface area contributed by atoms with Crippen molar-refractivity contribution < 1.29 is 19.4 Å². The Hall–Kier alpha value is -3.09. The Labute approximate surface area is 194 Å². The van der Waals surface area contributed by atoms with Crippen molar-refractivity contribution in [1.82, 2.24) is 9.80 Å². The van der Waals surface area contributed by atoms with E-state index in [1.165, 1.54) is 0 Å². The number of rotatable bonds is 7. The molecule has 0 aliphatic carbocycles. The van der Waals surface area contributed by atoms with Gasteiger partial charge in [0.25, 0.3) is 5.91 Å². The smallest absolute Gasteiger partial charge is 0.260 e. The van der Waals surface area contributed by atoms with E-state index in [1.54, 1.807) is 4.90 Å². The predicted octanol–water partition coefficient (Wildman–Crippen LogP) is 3.42. The maximum Gasteiger partial charge on any atom is 0.260 e. The van der Waals surface area contributed by atoms with Crippen molar-refractivity contribution >= 4 is 16.7 Å². The van der Waals surface area contributed by atoms with Gasteiger partial charge >= 0.3 is 0 Å². The van der Waals surface area contributed by atoms with Gasteiger partial charge in [0.1, 0.15) is 11.5 Å². The van der Waals surface area contributed by atoms with Crippen molar-refractivity contribution in [1.29, 1.82) is 0 Å². The molecule has 5 rings (SSSR count). The van der Waals surface area contributed by atoms with Gasteiger partial charge in [0, 0.05) is 38.7 Å². The van der Waals surface area contributed by atoms with Crippen LogP contribution in [0.4, 0.5) is 0 Å². The van der Waals surface area contributed by atoms with Crippen LogP contribution in [0.1, 0.15) is 23.6 Å². The normalized spacial score (nSPS) is 18.7. The van der Waals surface area contributed by atoms with Crippen molar-refractivity contribution in [3.8, 4) is 11.5 Å². The number of fused-ring (bicyclic) bond motifs is 2. The average molecular weight is 447 g/mol. The van der Waals surface area contributed by atoms with E-state index in [4.69, 9.17) is 9.47 Å². The minimum atomic E-state index is -0.300. The Morgan fingerprint density at radius 2 is 2.06 bits per heavy atom. The number of carbonyl (C=O) groups is 1. The molecular formula is C27H30N2O4. The standard InChI is InChI=1S/C27H30N2O4/c1-28(27(31)18-33-22-9-10-26-20(15-22)12-14-32-26)25(17-29-13-11-21(30)16-29)24-8-4-6-19-5-2-3-7-23(19)24/h2-10,15,21,25,30H,11-14,16-18H2,1H3/t21-,25?/m0/s1. The van der Waals surface area contributed by atoms with Crippen molar-refractivity contribution in [2.45, 2.75) is 25.0 Å². The molecule has 0 aromatic heterocycles. The molecule has 1 saturated heterocycles. The molecule has 6 heteroatoms. The molecule has 3 aromatic rings. The van der Waals surface area contributed by atoms with E-state index in [-0.39, 0.29) is 24.7 Å². The molecule has 0 saturated carbocycles. The van der Waals surface area contributed by atoms with E-state index in [0.29, 0.717) is 25.4 Å².